The highest BCUT2D eigenvalue weighted by molar-refractivity contribution is 6.04. The summed E-state index contributed by atoms with van der Waals surface area (Å²) in [6.07, 6.45) is 0. The smallest absolute Gasteiger partial charge is 0.255 e. The van der Waals surface area contributed by atoms with Crippen LogP contribution in [0.1, 0.15) is 21.5 Å². The Morgan fingerprint density at radius 2 is 1.60 bits per heavy atom. The van der Waals surface area contributed by atoms with E-state index in [1.54, 1.807) is 32.4 Å². The highest BCUT2D eigenvalue weighted by Crippen LogP contribution is 2.28. The van der Waals surface area contributed by atoms with Gasteiger partial charge in [-0.25, -0.2) is 4.98 Å². The van der Waals surface area contributed by atoms with Gasteiger partial charge in [-0.15, -0.1) is 0 Å². The van der Waals surface area contributed by atoms with Crippen molar-refractivity contribution in [3.05, 3.63) is 71.3 Å². The zero-order valence-electron chi connectivity index (χ0n) is 17.4. The standard InChI is InChI=1S/C24H23N3O3/c1-14-11-19-20(12-15(14)2)27-23(26-19)16-5-8-18(9-6-16)25-24(28)17-7-10-21(29-3)22(13-17)30-4/h5-13H,1-4H3,(H,25,28)(H,26,27). The summed E-state index contributed by atoms with van der Waals surface area (Å²) in [5.74, 6) is 1.66. The highest BCUT2D eigenvalue weighted by Gasteiger charge is 2.12. The fraction of sp³-hybridized carbons (Fsp3) is 0.167. The van der Waals surface area contributed by atoms with Crippen LogP contribution >= 0.6 is 0 Å². The first kappa shape index (κ1) is 19.5. The maximum atomic E-state index is 12.6. The number of carbonyl (C=O) groups excluding carboxylic acids is 1. The van der Waals surface area contributed by atoms with Crippen molar-refractivity contribution in [2.75, 3.05) is 19.5 Å². The molecule has 152 valence electrons. The molecule has 0 fully saturated rings. The lowest BCUT2D eigenvalue weighted by Crippen LogP contribution is -2.12. The Balaban J connectivity index is 1.53. The zero-order valence-corrected chi connectivity index (χ0v) is 17.4. The Bertz CT molecular complexity index is 1190. The van der Waals surface area contributed by atoms with Crippen molar-refractivity contribution in [3.63, 3.8) is 0 Å². The molecule has 1 heterocycles. The fourth-order valence-corrected chi connectivity index (χ4v) is 3.30. The number of H-pyrrole nitrogens is 1. The SMILES string of the molecule is COc1ccc(C(=O)Nc2ccc(-c3nc4cc(C)c(C)cc4[nH]3)cc2)cc1OC. The lowest BCUT2D eigenvalue weighted by Gasteiger charge is -2.10. The van der Waals surface area contributed by atoms with Crippen LogP contribution in [0.25, 0.3) is 22.4 Å². The lowest BCUT2D eigenvalue weighted by molar-refractivity contribution is 0.102. The number of hydrogen-bond donors (Lipinski definition) is 2. The molecule has 1 amide bonds. The Kier molecular flexibility index (Phi) is 5.14. The predicted molar refractivity (Wildman–Crippen MR) is 119 cm³/mol. The van der Waals surface area contributed by atoms with Crippen LogP contribution in [0, 0.1) is 13.8 Å². The molecule has 0 aliphatic rings. The van der Waals surface area contributed by atoms with E-state index in [9.17, 15) is 4.79 Å². The molecule has 0 unspecified atom stereocenters. The van der Waals surface area contributed by atoms with Gasteiger partial charge in [0.05, 0.1) is 25.3 Å². The third kappa shape index (κ3) is 3.72. The molecule has 0 aliphatic heterocycles. The van der Waals surface area contributed by atoms with Gasteiger partial charge in [-0.1, -0.05) is 0 Å². The maximum Gasteiger partial charge on any atom is 0.255 e. The van der Waals surface area contributed by atoms with Crippen molar-refractivity contribution in [1.29, 1.82) is 0 Å². The molecule has 6 nitrogen and oxygen atoms in total. The van der Waals surface area contributed by atoms with Gasteiger partial charge in [0, 0.05) is 16.8 Å². The van der Waals surface area contributed by atoms with Gasteiger partial charge in [0.1, 0.15) is 5.82 Å². The summed E-state index contributed by atoms with van der Waals surface area (Å²) < 4.78 is 10.5. The monoisotopic (exact) mass is 401 g/mol. The average Bonchev–Trinajstić information content (AvgIpc) is 3.16. The minimum absolute atomic E-state index is 0.224. The summed E-state index contributed by atoms with van der Waals surface area (Å²) in [4.78, 5) is 20.6. The minimum Gasteiger partial charge on any atom is -0.493 e. The van der Waals surface area contributed by atoms with Gasteiger partial charge in [-0.05, 0) is 79.6 Å². The Labute approximate surface area is 174 Å². The van der Waals surface area contributed by atoms with Crippen LogP contribution in [0.15, 0.2) is 54.6 Å². The summed E-state index contributed by atoms with van der Waals surface area (Å²) in [6, 6.07) is 16.8. The van der Waals surface area contributed by atoms with Crippen LogP contribution in [0.3, 0.4) is 0 Å². The molecule has 0 aliphatic carbocycles. The number of carbonyl (C=O) groups is 1. The molecule has 1 aromatic heterocycles. The molecule has 2 N–H and O–H groups in total. The number of ether oxygens (including phenoxy) is 2. The van der Waals surface area contributed by atoms with E-state index in [1.807, 2.05) is 24.3 Å². The maximum absolute atomic E-state index is 12.6. The lowest BCUT2D eigenvalue weighted by atomic mass is 10.1. The normalized spacial score (nSPS) is 10.8. The summed E-state index contributed by atoms with van der Waals surface area (Å²) in [5.41, 5.74) is 6.53. The number of aromatic nitrogens is 2. The number of anilines is 1. The summed E-state index contributed by atoms with van der Waals surface area (Å²) >= 11 is 0. The van der Waals surface area contributed by atoms with Gasteiger partial charge in [0.15, 0.2) is 11.5 Å². The summed E-state index contributed by atoms with van der Waals surface area (Å²) in [5, 5.41) is 2.90. The van der Waals surface area contributed by atoms with E-state index in [1.165, 1.54) is 11.1 Å². The molecule has 3 aromatic carbocycles. The van der Waals surface area contributed by atoms with Gasteiger partial charge in [0.2, 0.25) is 0 Å². The third-order valence-corrected chi connectivity index (χ3v) is 5.16. The van der Waals surface area contributed by atoms with E-state index < -0.39 is 0 Å². The second kappa shape index (κ2) is 7.91. The number of nitrogens with one attached hydrogen (secondary N) is 2. The molecule has 0 radical (unpaired) electrons. The number of rotatable bonds is 5. The average molecular weight is 401 g/mol. The quantitative estimate of drug-likeness (QED) is 0.487. The van der Waals surface area contributed by atoms with Crippen molar-refractivity contribution < 1.29 is 14.3 Å². The second-order valence-electron chi connectivity index (χ2n) is 7.14. The predicted octanol–water partition coefficient (Wildman–Crippen LogP) is 5.12. The van der Waals surface area contributed by atoms with E-state index in [0.29, 0.717) is 22.7 Å². The molecule has 0 spiro atoms. The van der Waals surface area contributed by atoms with Gasteiger partial charge >= 0.3 is 0 Å². The van der Waals surface area contributed by atoms with Crippen LogP contribution < -0.4 is 14.8 Å². The number of imidazole rings is 1. The molecule has 0 bridgehead atoms. The van der Waals surface area contributed by atoms with E-state index in [4.69, 9.17) is 9.47 Å². The van der Waals surface area contributed by atoms with Crippen LogP contribution in [-0.4, -0.2) is 30.1 Å². The second-order valence-corrected chi connectivity index (χ2v) is 7.14. The van der Waals surface area contributed by atoms with Crippen LogP contribution in [-0.2, 0) is 0 Å². The number of methoxy groups -OCH3 is 2. The first-order valence-corrected chi connectivity index (χ1v) is 9.59. The number of amides is 1. The largest absolute Gasteiger partial charge is 0.493 e. The zero-order chi connectivity index (χ0) is 21.3. The minimum atomic E-state index is -0.224. The number of fused-ring (bicyclic) bond motifs is 1. The van der Waals surface area contributed by atoms with Crippen LogP contribution in [0.4, 0.5) is 5.69 Å². The molecular weight excluding hydrogens is 378 g/mol. The van der Waals surface area contributed by atoms with Gasteiger partial charge < -0.3 is 19.8 Å². The van der Waals surface area contributed by atoms with Crippen molar-refractivity contribution in [2.45, 2.75) is 13.8 Å². The van der Waals surface area contributed by atoms with Crippen molar-refractivity contribution in [3.8, 4) is 22.9 Å². The number of aromatic amines is 1. The van der Waals surface area contributed by atoms with E-state index in [-0.39, 0.29) is 5.91 Å². The van der Waals surface area contributed by atoms with E-state index in [2.05, 4.69) is 41.3 Å². The van der Waals surface area contributed by atoms with Crippen molar-refractivity contribution >= 4 is 22.6 Å². The highest BCUT2D eigenvalue weighted by atomic mass is 16.5. The number of benzene rings is 3. The molecule has 0 atom stereocenters. The third-order valence-electron chi connectivity index (χ3n) is 5.16. The molecule has 4 aromatic rings. The fourth-order valence-electron chi connectivity index (χ4n) is 3.30. The molecule has 6 heteroatoms. The topological polar surface area (TPSA) is 76.2 Å². The summed E-state index contributed by atoms with van der Waals surface area (Å²) in [7, 11) is 3.10. The molecule has 0 saturated heterocycles. The van der Waals surface area contributed by atoms with Crippen LogP contribution in [0.5, 0.6) is 11.5 Å². The Morgan fingerprint density at radius 1 is 0.900 bits per heavy atom. The molecular formula is C24H23N3O3. The van der Waals surface area contributed by atoms with E-state index in [0.717, 1.165) is 22.4 Å². The molecule has 0 saturated carbocycles. The number of nitrogens with zero attached hydrogens (tertiary/aromatic N) is 1. The van der Waals surface area contributed by atoms with E-state index >= 15 is 0 Å². The number of aryl methyl sites for hydroxylation is 2. The van der Waals surface area contributed by atoms with Crippen molar-refractivity contribution in [1.82, 2.24) is 9.97 Å². The van der Waals surface area contributed by atoms with Crippen molar-refractivity contribution in [2.24, 2.45) is 0 Å². The summed E-state index contributed by atoms with van der Waals surface area (Å²) in [6.45, 7) is 4.17. The van der Waals surface area contributed by atoms with Crippen LogP contribution in [0.2, 0.25) is 0 Å². The Morgan fingerprint density at radius 3 is 2.30 bits per heavy atom. The van der Waals surface area contributed by atoms with Gasteiger partial charge in [-0.2, -0.15) is 0 Å². The van der Waals surface area contributed by atoms with Gasteiger partial charge in [-0.3, -0.25) is 4.79 Å². The number of hydrogen-bond acceptors (Lipinski definition) is 4. The first-order chi connectivity index (χ1) is 14.5. The first-order valence-electron chi connectivity index (χ1n) is 9.59. The molecule has 4 rings (SSSR count). The van der Waals surface area contributed by atoms with Gasteiger partial charge in [0.25, 0.3) is 5.91 Å². The Hall–Kier alpha value is -3.80. The molecule has 30 heavy (non-hydrogen) atoms.